The number of aryl methyl sites for hydroxylation is 1. The molecule has 4 rings (SSSR count). The molecule has 0 saturated carbocycles. The number of anilines is 1. The first-order chi connectivity index (χ1) is 10.0. The van der Waals surface area contributed by atoms with E-state index in [0.717, 1.165) is 36.3 Å². The van der Waals surface area contributed by atoms with E-state index >= 15 is 0 Å². The van der Waals surface area contributed by atoms with E-state index in [1.165, 1.54) is 0 Å². The van der Waals surface area contributed by atoms with Crippen molar-refractivity contribution in [2.45, 2.75) is 25.4 Å². The second kappa shape index (κ2) is 4.76. The van der Waals surface area contributed by atoms with Crippen LogP contribution in [0, 0.1) is 12.7 Å². The van der Waals surface area contributed by atoms with Crippen LogP contribution in [0.25, 0.3) is 10.9 Å². The second-order valence-corrected chi connectivity index (χ2v) is 6.81. The van der Waals surface area contributed by atoms with Gasteiger partial charge >= 0.3 is 0 Å². The maximum atomic E-state index is 14.5. The number of hydrogen-bond donors (Lipinski definition) is 1. The zero-order valence-electron chi connectivity index (χ0n) is 11.3. The van der Waals surface area contributed by atoms with Crippen molar-refractivity contribution >= 4 is 44.3 Å². The third-order valence-corrected chi connectivity index (χ3v) is 5.48. The molecule has 0 radical (unpaired) electrons. The topological polar surface area (TPSA) is 41.0 Å². The molecule has 2 bridgehead atoms. The third kappa shape index (κ3) is 2.04. The normalized spacial score (nSPS) is 24.3. The van der Waals surface area contributed by atoms with Gasteiger partial charge in [-0.25, -0.2) is 9.37 Å². The molecule has 2 aliphatic heterocycles. The molecule has 110 valence electrons. The lowest BCUT2D eigenvalue weighted by Crippen LogP contribution is -2.44. The van der Waals surface area contributed by atoms with E-state index in [0.29, 0.717) is 16.6 Å². The van der Waals surface area contributed by atoms with Gasteiger partial charge in [0.05, 0.1) is 4.47 Å². The van der Waals surface area contributed by atoms with Crippen LogP contribution in [0.2, 0.25) is 5.28 Å². The number of benzene rings is 1. The summed E-state index contributed by atoms with van der Waals surface area (Å²) in [6.45, 7) is 3.68. The Balaban J connectivity index is 1.96. The van der Waals surface area contributed by atoms with Gasteiger partial charge in [0.25, 0.3) is 0 Å². The zero-order valence-corrected chi connectivity index (χ0v) is 13.7. The zero-order chi connectivity index (χ0) is 14.7. The van der Waals surface area contributed by atoms with E-state index < -0.39 is 0 Å². The monoisotopic (exact) mass is 370 g/mol. The van der Waals surface area contributed by atoms with Crippen LogP contribution in [0.1, 0.15) is 12.0 Å². The van der Waals surface area contributed by atoms with Crippen molar-refractivity contribution in [1.29, 1.82) is 0 Å². The summed E-state index contributed by atoms with van der Waals surface area (Å²) >= 11 is 9.29. The molecule has 2 saturated heterocycles. The molecule has 1 aromatic carbocycles. The molecular weight excluding hydrogens is 359 g/mol. The van der Waals surface area contributed by atoms with Crippen molar-refractivity contribution in [3.8, 4) is 0 Å². The van der Waals surface area contributed by atoms with Crippen LogP contribution in [0.15, 0.2) is 10.5 Å². The smallest absolute Gasteiger partial charge is 0.225 e. The van der Waals surface area contributed by atoms with Gasteiger partial charge in [0.1, 0.15) is 11.3 Å². The summed E-state index contributed by atoms with van der Waals surface area (Å²) in [7, 11) is 0. The number of rotatable bonds is 1. The number of piperazine rings is 1. The summed E-state index contributed by atoms with van der Waals surface area (Å²) in [5, 5.41) is 4.26. The lowest BCUT2D eigenvalue weighted by atomic mass is 10.1. The summed E-state index contributed by atoms with van der Waals surface area (Å²) < 4.78 is 14.9. The lowest BCUT2D eigenvalue weighted by molar-refractivity contribution is 0.577. The van der Waals surface area contributed by atoms with Gasteiger partial charge in [0.15, 0.2) is 5.82 Å². The Morgan fingerprint density at radius 3 is 2.95 bits per heavy atom. The van der Waals surface area contributed by atoms with Crippen molar-refractivity contribution in [3.05, 3.63) is 27.2 Å². The summed E-state index contributed by atoms with van der Waals surface area (Å²) in [5.74, 6) is 0.367. The van der Waals surface area contributed by atoms with Gasteiger partial charge in [0, 0.05) is 30.6 Å². The minimum atomic E-state index is -0.377. The Labute approximate surface area is 134 Å². The molecular formula is C14H13BrClFN4. The SMILES string of the molecule is Cc1cc2c(N3CC4CC3CN4)nc(Cl)nc2c(F)c1Br. The quantitative estimate of drug-likeness (QED) is 0.782. The molecule has 0 amide bonds. The number of fused-ring (bicyclic) bond motifs is 3. The van der Waals surface area contributed by atoms with E-state index in [9.17, 15) is 4.39 Å². The van der Waals surface area contributed by atoms with E-state index in [4.69, 9.17) is 11.6 Å². The highest BCUT2D eigenvalue weighted by atomic mass is 79.9. The maximum absolute atomic E-state index is 14.5. The van der Waals surface area contributed by atoms with Gasteiger partial charge in [-0.1, -0.05) is 0 Å². The minimum absolute atomic E-state index is 0.0860. The average Bonchev–Trinajstić information content (AvgIpc) is 3.08. The van der Waals surface area contributed by atoms with Gasteiger partial charge < -0.3 is 10.2 Å². The van der Waals surface area contributed by atoms with Crippen molar-refractivity contribution < 1.29 is 4.39 Å². The second-order valence-electron chi connectivity index (χ2n) is 5.68. The molecule has 0 aliphatic carbocycles. The van der Waals surface area contributed by atoms with E-state index in [1.807, 2.05) is 13.0 Å². The first-order valence-electron chi connectivity index (χ1n) is 6.86. The molecule has 2 aromatic rings. The molecule has 0 spiro atoms. The largest absolute Gasteiger partial charge is 0.350 e. The minimum Gasteiger partial charge on any atom is -0.350 e. The fourth-order valence-electron chi connectivity index (χ4n) is 3.33. The van der Waals surface area contributed by atoms with Crippen LogP contribution in [0.4, 0.5) is 10.2 Å². The fraction of sp³-hybridized carbons (Fsp3) is 0.429. The van der Waals surface area contributed by atoms with E-state index in [1.54, 1.807) is 0 Å². The van der Waals surface area contributed by atoms with Crippen LogP contribution in [-0.2, 0) is 0 Å². The highest BCUT2D eigenvalue weighted by molar-refractivity contribution is 9.10. The number of aromatic nitrogens is 2. The number of hydrogen-bond acceptors (Lipinski definition) is 4. The van der Waals surface area contributed by atoms with E-state index in [-0.39, 0.29) is 16.6 Å². The van der Waals surface area contributed by atoms with Gasteiger partial charge in [-0.05, 0) is 52.5 Å². The van der Waals surface area contributed by atoms with Crippen molar-refractivity contribution in [2.24, 2.45) is 0 Å². The molecule has 1 aromatic heterocycles. The van der Waals surface area contributed by atoms with Crippen LogP contribution < -0.4 is 10.2 Å². The Morgan fingerprint density at radius 2 is 2.29 bits per heavy atom. The summed E-state index contributed by atoms with van der Waals surface area (Å²) in [6, 6.07) is 2.81. The molecule has 2 aliphatic rings. The highest BCUT2D eigenvalue weighted by Crippen LogP contribution is 2.36. The molecule has 3 heterocycles. The summed E-state index contributed by atoms with van der Waals surface area (Å²) in [4.78, 5) is 10.7. The molecule has 1 N–H and O–H groups in total. The average molecular weight is 372 g/mol. The third-order valence-electron chi connectivity index (χ3n) is 4.33. The first kappa shape index (κ1) is 13.7. The fourth-order valence-corrected chi connectivity index (χ4v) is 3.79. The standard InChI is InChI=1S/C14H13BrClFN4/c1-6-2-9-12(11(17)10(6)15)19-14(16)20-13(9)21-5-7-3-8(21)4-18-7/h2,7-8,18H,3-5H2,1H3. The predicted octanol–water partition coefficient (Wildman–Crippen LogP) is 3.04. The summed E-state index contributed by atoms with van der Waals surface area (Å²) in [6.07, 6.45) is 1.10. The molecule has 21 heavy (non-hydrogen) atoms. The predicted molar refractivity (Wildman–Crippen MR) is 84.5 cm³/mol. The van der Waals surface area contributed by atoms with Gasteiger partial charge in [-0.3, -0.25) is 0 Å². The first-order valence-corrected chi connectivity index (χ1v) is 8.03. The number of halogens is 3. The van der Waals surface area contributed by atoms with Crippen LogP contribution in [0.5, 0.6) is 0 Å². The molecule has 2 unspecified atom stereocenters. The Hall–Kier alpha value is -0.980. The molecule has 4 nitrogen and oxygen atoms in total. The Bertz CT molecular complexity index is 754. The van der Waals surface area contributed by atoms with Crippen molar-refractivity contribution in [1.82, 2.24) is 15.3 Å². The van der Waals surface area contributed by atoms with Crippen LogP contribution in [0.3, 0.4) is 0 Å². The van der Waals surface area contributed by atoms with Gasteiger partial charge in [-0.15, -0.1) is 0 Å². The highest BCUT2D eigenvalue weighted by Gasteiger charge is 2.39. The maximum Gasteiger partial charge on any atom is 0.225 e. The molecule has 2 fully saturated rings. The van der Waals surface area contributed by atoms with Crippen molar-refractivity contribution in [2.75, 3.05) is 18.0 Å². The lowest BCUT2D eigenvalue weighted by Gasteiger charge is -2.29. The van der Waals surface area contributed by atoms with Gasteiger partial charge in [0.2, 0.25) is 5.28 Å². The van der Waals surface area contributed by atoms with Gasteiger partial charge in [-0.2, -0.15) is 4.98 Å². The van der Waals surface area contributed by atoms with Crippen LogP contribution in [-0.4, -0.2) is 35.1 Å². The Morgan fingerprint density at radius 1 is 1.48 bits per heavy atom. The molecule has 2 atom stereocenters. The molecule has 7 heteroatoms. The van der Waals surface area contributed by atoms with E-state index in [2.05, 4.69) is 36.1 Å². The van der Waals surface area contributed by atoms with Crippen LogP contribution >= 0.6 is 27.5 Å². The number of nitrogens with zero attached hydrogens (tertiary/aromatic N) is 3. The Kier molecular flexibility index (Phi) is 3.10. The van der Waals surface area contributed by atoms with Crippen molar-refractivity contribution in [3.63, 3.8) is 0 Å². The summed E-state index contributed by atoms with van der Waals surface area (Å²) in [5.41, 5.74) is 1.10. The number of nitrogens with one attached hydrogen (secondary N) is 1.